The van der Waals surface area contributed by atoms with Gasteiger partial charge in [-0.2, -0.15) is 0 Å². The largest absolute Gasteiger partial charge is 0.481 e. The van der Waals surface area contributed by atoms with Crippen LogP contribution in [0.4, 0.5) is 14.6 Å². The van der Waals surface area contributed by atoms with Gasteiger partial charge in [-0.25, -0.2) is 23.7 Å². The molecular weight excluding hydrogens is 448 g/mol. The van der Waals surface area contributed by atoms with Crippen LogP contribution in [-0.4, -0.2) is 37.1 Å². The molecule has 0 spiro atoms. The Bertz CT molecular complexity index is 1390. The lowest BCUT2D eigenvalue weighted by atomic mass is 9.65. The monoisotopic (exact) mass is 469 g/mol. The minimum atomic E-state index is -0.796. The van der Waals surface area contributed by atoms with Crippen molar-refractivity contribution in [2.24, 2.45) is 17.8 Å². The lowest BCUT2D eigenvalue weighted by molar-refractivity contribution is -0.145. The zero-order valence-electron chi connectivity index (χ0n) is 17.5. The van der Waals surface area contributed by atoms with Crippen LogP contribution in [0.15, 0.2) is 23.8 Å². The average Bonchev–Trinajstić information content (AvgIpc) is 3.42. The highest BCUT2D eigenvalue weighted by Gasteiger charge is 2.43. The van der Waals surface area contributed by atoms with Crippen LogP contribution in [-0.2, 0) is 4.79 Å². The van der Waals surface area contributed by atoms with Gasteiger partial charge in [-0.05, 0) is 37.2 Å². The van der Waals surface area contributed by atoms with Crippen molar-refractivity contribution in [1.82, 2.24) is 19.9 Å². The maximum absolute atomic E-state index is 14.2. The highest BCUT2D eigenvalue weighted by atomic mass is 32.1. The molecule has 0 aliphatic heterocycles. The van der Waals surface area contributed by atoms with E-state index in [9.17, 15) is 18.7 Å². The van der Waals surface area contributed by atoms with Crippen molar-refractivity contribution >= 4 is 44.4 Å². The number of halogens is 2. The summed E-state index contributed by atoms with van der Waals surface area (Å²) < 4.78 is 28.1. The summed E-state index contributed by atoms with van der Waals surface area (Å²) in [4.78, 5) is 29.2. The summed E-state index contributed by atoms with van der Waals surface area (Å²) in [6, 6.07) is 1.82. The summed E-state index contributed by atoms with van der Waals surface area (Å²) in [7, 11) is 0. The lowest BCUT2D eigenvalue weighted by Gasteiger charge is -2.44. The van der Waals surface area contributed by atoms with E-state index in [2.05, 4.69) is 25.3 Å². The lowest BCUT2D eigenvalue weighted by Crippen LogP contribution is -2.47. The van der Waals surface area contributed by atoms with Crippen molar-refractivity contribution in [3.05, 3.63) is 35.5 Å². The van der Waals surface area contributed by atoms with Gasteiger partial charge in [0.2, 0.25) is 0 Å². The van der Waals surface area contributed by atoms with Gasteiger partial charge >= 0.3 is 5.97 Å². The van der Waals surface area contributed by atoms with Crippen LogP contribution in [0.2, 0.25) is 0 Å². The number of aromatic nitrogens is 4. The molecular formula is C23H21F2N5O2S. The average molecular weight is 470 g/mol. The molecule has 10 heteroatoms. The highest BCUT2D eigenvalue weighted by molar-refractivity contribution is 7.16. The number of anilines is 1. The minimum Gasteiger partial charge on any atom is -0.481 e. The Kier molecular flexibility index (Phi) is 4.79. The number of rotatable bonds is 4. The summed E-state index contributed by atoms with van der Waals surface area (Å²) in [5, 5.41) is 13.7. The second-order valence-electron chi connectivity index (χ2n) is 9.06. The van der Waals surface area contributed by atoms with Crippen molar-refractivity contribution < 1.29 is 18.7 Å². The van der Waals surface area contributed by atoms with E-state index in [0.717, 1.165) is 31.7 Å². The van der Waals surface area contributed by atoms with E-state index >= 15 is 0 Å². The van der Waals surface area contributed by atoms with E-state index in [1.54, 1.807) is 11.7 Å². The Morgan fingerprint density at radius 3 is 2.94 bits per heavy atom. The number of carboxylic acid groups (broad SMARTS) is 1. The van der Waals surface area contributed by atoms with Gasteiger partial charge in [0.05, 0.1) is 16.9 Å². The van der Waals surface area contributed by atoms with Crippen LogP contribution in [0.25, 0.3) is 32.6 Å². The van der Waals surface area contributed by atoms with E-state index in [1.807, 2.05) is 0 Å². The van der Waals surface area contributed by atoms with Crippen molar-refractivity contribution in [3.63, 3.8) is 0 Å². The maximum Gasteiger partial charge on any atom is 0.308 e. The number of benzene rings is 1. The van der Waals surface area contributed by atoms with Crippen molar-refractivity contribution in [2.45, 2.75) is 38.1 Å². The molecule has 2 aliphatic rings. The Morgan fingerprint density at radius 1 is 1.21 bits per heavy atom. The van der Waals surface area contributed by atoms with E-state index < -0.39 is 23.5 Å². The fourth-order valence-electron chi connectivity index (χ4n) is 5.66. The Balaban J connectivity index is 1.45. The fraction of sp³-hybridized carbons (Fsp3) is 0.391. The van der Waals surface area contributed by atoms with Crippen molar-refractivity contribution in [3.8, 4) is 11.4 Å². The number of fused-ring (bicyclic) bond motifs is 4. The predicted octanol–water partition coefficient (Wildman–Crippen LogP) is 5.20. The first kappa shape index (κ1) is 20.5. The molecule has 33 heavy (non-hydrogen) atoms. The zero-order valence-corrected chi connectivity index (χ0v) is 18.3. The van der Waals surface area contributed by atoms with Gasteiger partial charge in [0.25, 0.3) is 0 Å². The fourth-order valence-corrected chi connectivity index (χ4v) is 6.32. The van der Waals surface area contributed by atoms with Gasteiger partial charge in [0.1, 0.15) is 22.0 Å². The minimum absolute atomic E-state index is 0.181. The molecule has 4 atom stereocenters. The first-order chi connectivity index (χ1) is 16.0. The molecule has 0 amide bonds. The van der Waals surface area contributed by atoms with Crippen molar-refractivity contribution in [2.75, 3.05) is 5.32 Å². The van der Waals surface area contributed by atoms with E-state index in [0.29, 0.717) is 45.3 Å². The number of thiazole rings is 1. The van der Waals surface area contributed by atoms with E-state index in [1.165, 1.54) is 17.4 Å². The quantitative estimate of drug-likeness (QED) is 0.379. The molecule has 6 rings (SSSR count). The van der Waals surface area contributed by atoms with Crippen LogP contribution in [0.5, 0.6) is 0 Å². The number of aliphatic carboxylic acids is 1. The number of nitrogens with zero attached hydrogens (tertiary/aromatic N) is 3. The Hall–Kier alpha value is -3.14. The van der Waals surface area contributed by atoms with Gasteiger partial charge in [-0.3, -0.25) is 4.79 Å². The molecule has 0 saturated heterocycles. The molecule has 4 unspecified atom stereocenters. The zero-order chi connectivity index (χ0) is 22.7. The molecule has 1 aromatic carbocycles. The van der Waals surface area contributed by atoms with Crippen LogP contribution < -0.4 is 5.32 Å². The van der Waals surface area contributed by atoms with E-state index in [4.69, 9.17) is 0 Å². The number of carboxylic acids is 1. The Labute approximate surface area is 191 Å². The van der Waals surface area contributed by atoms with Gasteiger partial charge in [0, 0.05) is 29.3 Å². The SMILES string of the molecule is O=C(O)C1CC2CCCC(C2)C1Nc1nc(-c2c[nH]c3c(F)cc(F)cc23)nc2scnc12. The number of carbonyl (C=O) groups is 1. The molecule has 2 fully saturated rings. The number of nitrogens with one attached hydrogen (secondary N) is 2. The Morgan fingerprint density at radius 2 is 2.09 bits per heavy atom. The third-order valence-electron chi connectivity index (χ3n) is 7.12. The summed E-state index contributed by atoms with van der Waals surface area (Å²) >= 11 is 1.33. The first-order valence-corrected chi connectivity index (χ1v) is 11.9. The molecule has 2 aliphatic carbocycles. The molecule has 170 valence electrons. The second kappa shape index (κ2) is 7.72. The number of aromatic amines is 1. The molecule has 2 saturated carbocycles. The van der Waals surface area contributed by atoms with E-state index in [-0.39, 0.29) is 17.5 Å². The second-order valence-corrected chi connectivity index (χ2v) is 9.89. The molecule has 3 aromatic heterocycles. The topological polar surface area (TPSA) is 104 Å². The van der Waals surface area contributed by atoms with Crippen molar-refractivity contribution in [1.29, 1.82) is 0 Å². The van der Waals surface area contributed by atoms with Gasteiger partial charge in [-0.1, -0.05) is 12.8 Å². The molecule has 0 radical (unpaired) electrons. The molecule has 3 N–H and O–H groups in total. The predicted molar refractivity (Wildman–Crippen MR) is 121 cm³/mol. The number of H-pyrrole nitrogens is 1. The first-order valence-electron chi connectivity index (χ1n) is 11.0. The van der Waals surface area contributed by atoms with Crippen LogP contribution in [0.1, 0.15) is 32.1 Å². The van der Waals surface area contributed by atoms with Gasteiger partial charge in [0.15, 0.2) is 11.6 Å². The summed E-state index contributed by atoms with van der Waals surface area (Å²) in [5.74, 6) is -1.20. The third-order valence-corrected chi connectivity index (χ3v) is 7.84. The standard InChI is InChI=1S/C23H21F2N5O2S/c24-12-6-13-15(8-26-18(13)16(25)7-12)20-29-21(19-22(30-20)33-9-27-19)28-17-11-3-1-2-10(4-11)5-14(17)23(31)32/h6-11,14,17,26H,1-5H2,(H,31,32)(H,28,29,30). The van der Waals surface area contributed by atoms with Crippen LogP contribution >= 0.6 is 11.3 Å². The smallest absolute Gasteiger partial charge is 0.308 e. The molecule has 2 bridgehead atoms. The molecule has 3 heterocycles. The van der Waals surface area contributed by atoms with Crippen LogP contribution in [0.3, 0.4) is 0 Å². The molecule has 7 nitrogen and oxygen atoms in total. The van der Waals surface area contributed by atoms with Gasteiger partial charge < -0.3 is 15.4 Å². The maximum atomic E-state index is 14.2. The summed E-state index contributed by atoms with van der Waals surface area (Å²) in [6.45, 7) is 0. The highest BCUT2D eigenvalue weighted by Crippen LogP contribution is 2.44. The molecule has 4 aromatic rings. The normalized spacial score (nSPS) is 24.9. The summed E-state index contributed by atoms with van der Waals surface area (Å²) in [6.07, 6.45) is 6.41. The number of hydrogen-bond acceptors (Lipinski definition) is 6. The number of hydrogen-bond donors (Lipinski definition) is 3. The van der Waals surface area contributed by atoms with Crippen LogP contribution in [0, 0.1) is 29.4 Å². The van der Waals surface area contributed by atoms with Gasteiger partial charge in [-0.15, -0.1) is 11.3 Å². The third kappa shape index (κ3) is 3.43. The summed E-state index contributed by atoms with van der Waals surface area (Å²) in [5.41, 5.74) is 2.89.